The molecule has 1 fully saturated rings. The molecule has 0 bridgehead atoms. The van der Waals surface area contributed by atoms with E-state index in [1.165, 1.54) is 25.7 Å². The fourth-order valence-electron chi connectivity index (χ4n) is 3.46. The van der Waals surface area contributed by atoms with Gasteiger partial charge < -0.3 is 5.73 Å². The van der Waals surface area contributed by atoms with Crippen LogP contribution in [0, 0.1) is 18.8 Å². The molecule has 0 aromatic carbocycles. The van der Waals surface area contributed by atoms with Crippen LogP contribution in [0.25, 0.3) is 0 Å². The number of hydrogen-bond acceptors (Lipinski definition) is 3. The van der Waals surface area contributed by atoms with Gasteiger partial charge in [0.05, 0.1) is 5.69 Å². The van der Waals surface area contributed by atoms with Gasteiger partial charge in [-0.05, 0) is 50.8 Å². The van der Waals surface area contributed by atoms with Gasteiger partial charge >= 0.3 is 0 Å². The number of aromatic nitrogens is 1. The second-order valence-electron chi connectivity index (χ2n) is 6.51. The molecule has 0 amide bonds. The van der Waals surface area contributed by atoms with E-state index in [-0.39, 0.29) is 0 Å². The van der Waals surface area contributed by atoms with Crippen molar-refractivity contribution in [2.45, 2.75) is 52.1 Å². The number of hydrogen-bond donors (Lipinski definition) is 1. The Labute approximate surface area is 123 Å². The maximum Gasteiger partial charge on any atom is 0.0547 e. The van der Waals surface area contributed by atoms with Crippen molar-refractivity contribution in [3.63, 3.8) is 0 Å². The van der Waals surface area contributed by atoms with Crippen molar-refractivity contribution < 1.29 is 0 Å². The van der Waals surface area contributed by atoms with E-state index < -0.39 is 0 Å². The Hall–Kier alpha value is -0.930. The summed E-state index contributed by atoms with van der Waals surface area (Å²) in [5.41, 5.74) is 8.30. The molecule has 1 aliphatic rings. The van der Waals surface area contributed by atoms with Gasteiger partial charge in [0.15, 0.2) is 0 Å². The molecule has 1 heterocycles. The molecule has 0 spiro atoms. The normalized spacial score (nSPS) is 24.9. The molecule has 3 heteroatoms. The number of nitrogens with zero attached hydrogens (tertiary/aromatic N) is 2. The van der Waals surface area contributed by atoms with E-state index in [1.54, 1.807) is 0 Å². The van der Waals surface area contributed by atoms with Crippen LogP contribution in [0.3, 0.4) is 0 Å². The van der Waals surface area contributed by atoms with Crippen LogP contribution >= 0.6 is 0 Å². The third-order valence-corrected chi connectivity index (χ3v) is 4.77. The number of pyridine rings is 1. The molecule has 0 radical (unpaired) electrons. The van der Waals surface area contributed by atoms with Crippen molar-refractivity contribution in [3.05, 3.63) is 29.6 Å². The molecular formula is C17H29N3. The van der Waals surface area contributed by atoms with E-state index in [0.29, 0.717) is 6.04 Å². The Morgan fingerprint density at radius 3 is 2.60 bits per heavy atom. The second kappa shape index (κ2) is 7.19. The molecule has 0 aliphatic heterocycles. The maximum absolute atomic E-state index is 6.06. The highest BCUT2D eigenvalue weighted by atomic mass is 15.1. The molecule has 1 atom stereocenters. The van der Waals surface area contributed by atoms with Gasteiger partial charge in [0.1, 0.15) is 0 Å². The Balaban J connectivity index is 1.96. The third-order valence-electron chi connectivity index (χ3n) is 4.77. The minimum atomic E-state index is 0.491. The average molecular weight is 275 g/mol. The van der Waals surface area contributed by atoms with Crippen LogP contribution in [0.2, 0.25) is 0 Å². The summed E-state index contributed by atoms with van der Waals surface area (Å²) < 4.78 is 0. The summed E-state index contributed by atoms with van der Waals surface area (Å²) in [4.78, 5) is 7.01. The molecule has 0 saturated heterocycles. The average Bonchev–Trinajstić information content (AvgIpc) is 2.42. The van der Waals surface area contributed by atoms with E-state index in [2.05, 4.69) is 36.0 Å². The Kier molecular flexibility index (Phi) is 5.55. The van der Waals surface area contributed by atoms with E-state index in [4.69, 9.17) is 5.73 Å². The first-order valence-corrected chi connectivity index (χ1v) is 7.93. The highest BCUT2D eigenvalue weighted by Gasteiger charge is 2.27. The van der Waals surface area contributed by atoms with Crippen molar-refractivity contribution in [2.24, 2.45) is 17.6 Å². The SMILES string of the molecule is Cc1cccc(CN(C)C(CN)C2CCC(C)CC2)n1. The van der Waals surface area contributed by atoms with Gasteiger partial charge in [-0.3, -0.25) is 9.88 Å². The molecule has 1 aliphatic carbocycles. The van der Waals surface area contributed by atoms with Crippen molar-refractivity contribution in [1.82, 2.24) is 9.88 Å². The standard InChI is InChI=1S/C17H29N3/c1-13-7-9-15(10-8-13)17(11-18)20(3)12-16-6-4-5-14(2)19-16/h4-6,13,15,17H,7-12,18H2,1-3H3. The Morgan fingerprint density at radius 2 is 2.00 bits per heavy atom. The zero-order valence-electron chi connectivity index (χ0n) is 13.2. The lowest BCUT2D eigenvalue weighted by atomic mass is 9.79. The van der Waals surface area contributed by atoms with Crippen molar-refractivity contribution in [2.75, 3.05) is 13.6 Å². The fourth-order valence-corrected chi connectivity index (χ4v) is 3.46. The number of aryl methyl sites for hydroxylation is 1. The molecule has 3 nitrogen and oxygen atoms in total. The van der Waals surface area contributed by atoms with Gasteiger partial charge in [0, 0.05) is 24.8 Å². The summed E-state index contributed by atoms with van der Waals surface area (Å²) in [5.74, 6) is 1.65. The molecule has 1 aromatic heterocycles. The first-order valence-electron chi connectivity index (χ1n) is 7.93. The van der Waals surface area contributed by atoms with Gasteiger partial charge in [-0.25, -0.2) is 0 Å². The van der Waals surface area contributed by atoms with Crippen LogP contribution < -0.4 is 5.73 Å². The monoisotopic (exact) mass is 275 g/mol. The summed E-state index contributed by atoms with van der Waals surface area (Å²) in [7, 11) is 2.19. The molecule has 2 rings (SSSR count). The topological polar surface area (TPSA) is 42.1 Å². The molecule has 112 valence electrons. The van der Waals surface area contributed by atoms with Crippen LogP contribution in [0.1, 0.15) is 44.0 Å². The highest BCUT2D eigenvalue weighted by molar-refractivity contribution is 5.10. The Bertz CT molecular complexity index is 410. The minimum absolute atomic E-state index is 0.491. The molecule has 1 aromatic rings. The smallest absolute Gasteiger partial charge is 0.0547 e. The van der Waals surface area contributed by atoms with Crippen LogP contribution in [-0.2, 0) is 6.54 Å². The molecule has 1 unspecified atom stereocenters. The molecule has 1 saturated carbocycles. The van der Waals surface area contributed by atoms with Crippen molar-refractivity contribution >= 4 is 0 Å². The van der Waals surface area contributed by atoms with Crippen molar-refractivity contribution in [1.29, 1.82) is 0 Å². The third kappa shape index (κ3) is 4.03. The van der Waals surface area contributed by atoms with Crippen LogP contribution in [0.5, 0.6) is 0 Å². The second-order valence-corrected chi connectivity index (χ2v) is 6.51. The zero-order chi connectivity index (χ0) is 14.5. The van der Waals surface area contributed by atoms with Gasteiger partial charge in [-0.2, -0.15) is 0 Å². The van der Waals surface area contributed by atoms with E-state index in [1.807, 2.05) is 13.0 Å². The Morgan fingerprint density at radius 1 is 1.30 bits per heavy atom. The number of nitrogens with two attached hydrogens (primary N) is 1. The van der Waals surface area contributed by atoms with Crippen LogP contribution in [0.15, 0.2) is 18.2 Å². The molecule has 2 N–H and O–H groups in total. The van der Waals surface area contributed by atoms with Gasteiger partial charge in [0.25, 0.3) is 0 Å². The first kappa shape index (κ1) is 15.5. The van der Waals surface area contributed by atoms with Crippen molar-refractivity contribution in [3.8, 4) is 0 Å². The maximum atomic E-state index is 6.06. The van der Waals surface area contributed by atoms with Crippen LogP contribution in [-0.4, -0.2) is 29.5 Å². The van der Waals surface area contributed by atoms with E-state index >= 15 is 0 Å². The molecule has 20 heavy (non-hydrogen) atoms. The summed E-state index contributed by atoms with van der Waals surface area (Å²) in [6.45, 7) is 6.07. The van der Waals surface area contributed by atoms with Gasteiger partial charge in [-0.15, -0.1) is 0 Å². The van der Waals surface area contributed by atoms with Gasteiger partial charge in [0.2, 0.25) is 0 Å². The lowest BCUT2D eigenvalue weighted by Gasteiger charge is -2.37. The molecular weight excluding hydrogens is 246 g/mol. The largest absolute Gasteiger partial charge is 0.329 e. The zero-order valence-corrected chi connectivity index (χ0v) is 13.2. The van der Waals surface area contributed by atoms with E-state index in [0.717, 1.165) is 36.3 Å². The summed E-state index contributed by atoms with van der Waals surface area (Å²) >= 11 is 0. The fraction of sp³-hybridized carbons (Fsp3) is 0.706. The number of likely N-dealkylation sites (N-methyl/N-ethyl adjacent to an activating group) is 1. The lowest BCUT2D eigenvalue weighted by molar-refractivity contribution is 0.129. The predicted molar refractivity (Wildman–Crippen MR) is 84.4 cm³/mol. The summed E-state index contributed by atoms with van der Waals surface area (Å²) in [5, 5.41) is 0. The van der Waals surface area contributed by atoms with E-state index in [9.17, 15) is 0 Å². The number of rotatable bonds is 5. The highest BCUT2D eigenvalue weighted by Crippen LogP contribution is 2.32. The quantitative estimate of drug-likeness (QED) is 0.898. The lowest BCUT2D eigenvalue weighted by Crippen LogP contribution is -2.44. The first-order chi connectivity index (χ1) is 9.60. The summed E-state index contributed by atoms with van der Waals surface area (Å²) in [6.07, 6.45) is 5.37. The van der Waals surface area contributed by atoms with Crippen LogP contribution in [0.4, 0.5) is 0 Å². The predicted octanol–water partition coefficient (Wildman–Crippen LogP) is 2.98. The minimum Gasteiger partial charge on any atom is -0.329 e. The van der Waals surface area contributed by atoms with Gasteiger partial charge in [-0.1, -0.05) is 25.8 Å². The summed E-state index contributed by atoms with van der Waals surface area (Å²) in [6, 6.07) is 6.74.